The van der Waals surface area contributed by atoms with Crippen molar-refractivity contribution in [3.8, 4) is 0 Å². The SMILES string of the molecule is N=C(N)CCCSC(CS)CSC(CS)CSCCS. The summed E-state index contributed by atoms with van der Waals surface area (Å²) in [5, 5.41) is 8.39. The Morgan fingerprint density at radius 1 is 1.00 bits per heavy atom. The first-order chi connectivity index (χ1) is 9.63. The highest BCUT2D eigenvalue weighted by molar-refractivity contribution is 8.05. The molecule has 0 aromatic carbocycles. The molecule has 0 spiro atoms. The van der Waals surface area contributed by atoms with Crippen LogP contribution in [0.25, 0.3) is 0 Å². The normalized spacial score (nSPS) is 14.2. The van der Waals surface area contributed by atoms with Crippen molar-refractivity contribution in [3.63, 3.8) is 0 Å². The number of hydrogen-bond acceptors (Lipinski definition) is 7. The molecule has 0 amide bonds. The van der Waals surface area contributed by atoms with Crippen molar-refractivity contribution in [3.05, 3.63) is 0 Å². The van der Waals surface area contributed by atoms with Crippen molar-refractivity contribution in [1.82, 2.24) is 0 Å². The second-order valence-corrected chi connectivity index (χ2v) is 9.31. The highest BCUT2D eigenvalue weighted by Crippen LogP contribution is 2.24. The Balaban J connectivity index is 3.76. The minimum absolute atomic E-state index is 0.291. The van der Waals surface area contributed by atoms with Crippen molar-refractivity contribution in [2.45, 2.75) is 23.3 Å². The molecule has 2 nitrogen and oxygen atoms in total. The molecule has 0 radical (unpaired) electrons. The first-order valence-corrected chi connectivity index (χ1v) is 11.7. The van der Waals surface area contributed by atoms with Crippen LogP contribution in [0.1, 0.15) is 12.8 Å². The molecule has 0 rings (SSSR count). The van der Waals surface area contributed by atoms with Crippen LogP contribution in [0.4, 0.5) is 0 Å². The van der Waals surface area contributed by atoms with Gasteiger partial charge in [-0.3, -0.25) is 5.41 Å². The van der Waals surface area contributed by atoms with Crippen molar-refractivity contribution >= 4 is 79.0 Å². The quantitative estimate of drug-likeness (QED) is 0.136. The van der Waals surface area contributed by atoms with E-state index >= 15 is 0 Å². The first-order valence-electron chi connectivity index (χ1n) is 6.60. The van der Waals surface area contributed by atoms with E-state index in [4.69, 9.17) is 11.1 Å². The van der Waals surface area contributed by atoms with Crippen LogP contribution in [0.2, 0.25) is 0 Å². The van der Waals surface area contributed by atoms with Crippen molar-refractivity contribution in [2.75, 3.05) is 40.3 Å². The van der Waals surface area contributed by atoms with Crippen molar-refractivity contribution < 1.29 is 0 Å². The van der Waals surface area contributed by atoms with Gasteiger partial charge in [-0.15, -0.1) is 0 Å². The van der Waals surface area contributed by atoms with Gasteiger partial charge in [-0.05, 0) is 17.9 Å². The smallest absolute Gasteiger partial charge is 0.0905 e. The third-order valence-corrected chi connectivity index (χ3v) is 8.59. The Bertz CT molecular complexity index is 242. The molecular formula is C12H26N2S6. The Kier molecular flexibility index (Phi) is 16.7. The summed E-state index contributed by atoms with van der Waals surface area (Å²) in [4.78, 5) is 0. The summed E-state index contributed by atoms with van der Waals surface area (Å²) < 4.78 is 0. The highest BCUT2D eigenvalue weighted by atomic mass is 32.2. The van der Waals surface area contributed by atoms with Crippen LogP contribution in [-0.4, -0.2) is 56.6 Å². The van der Waals surface area contributed by atoms with E-state index in [1.54, 1.807) is 0 Å². The zero-order chi connectivity index (χ0) is 15.2. The average Bonchev–Trinajstić information content (AvgIpc) is 2.44. The predicted octanol–water partition coefficient (Wildman–Crippen LogP) is 3.43. The van der Waals surface area contributed by atoms with E-state index in [2.05, 4.69) is 37.9 Å². The molecule has 0 heterocycles. The van der Waals surface area contributed by atoms with Crippen LogP contribution in [0, 0.1) is 5.41 Å². The van der Waals surface area contributed by atoms with Gasteiger partial charge in [0.15, 0.2) is 0 Å². The lowest BCUT2D eigenvalue weighted by molar-refractivity contribution is 0.982. The summed E-state index contributed by atoms with van der Waals surface area (Å²) in [6.45, 7) is 0. The standard InChI is InChI=1S/C12H26N2S6/c13-12(14)2-1-4-19-11(7-17)9-20-10(6-16)8-18-5-3-15/h10-11,15-17H,1-9H2,(H3,13,14). The van der Waals surface area contributed by atoms with Crippen LogP contribution >= 0.6 is 73.2 Å². The number of nitrogens with one attached hydrogen (secondary N) is 1. The van der Waals surface area contributed by atoms with Gasteiger partial charge in [-0.1, -0.05) is 0 Å². The van der Waals surface area contributed by atoms with Gasteiger partial charge in [0.1, 0.15) is 0 Å². The lowest BCUT2D eigenvalue weighted by Crippen LogP contribution is -2.16. The maximum Gasteiger partial charge on any atom is 0.0905 e. The van der Waals surface area contributed by atoms with E-state index in [0.717, 1.165) is 46.7 Å². The zero-order valence-electron chi connectivity index (χ0n) is 11.7. The molecule has 0 aliphatic heterocycles. The Hall–Kier alpha value is 1.57. The molecule has 2 unspecified atom stereocenters. The fourth-order valence-corrected chi connectivity index (χ4v) is 6.40. The molecule has 0 aliphatic rings. The van der Waals surface area contributed by atoms with Gasteiger partial charge < -0.3 is 5.73 Å². The van der Waals surface area contributed by atoms with Gasteiger partial charge in [0.05, 0.1) is 5.84 Å². The van der Waals surface area contributed by atoms with E-state index in [9.17, 15) is 0 Å². The molecular weight excluding hydrogens is 365 g/mol. The third kappa shape index (κ3) is 13.2. The fourth-order valence-electron chi connectivity index (χ4n) is 1.34. The first kappa shape index (κ1) is 21.6. The van der Waals surface area contributed by atoms with Crippen LogP contribution < -0.4 is 5.73 Å². The highest BCUT2D eigenvalue weighted by Gasteiger charge is 2.13. The molecule has 0 fully saturated rings. The van der Waals surface area contributed by atoms with E-state index < -0.39 is 0 Å². The molecule has 20 heavy (non-hydrogen) atoms. The summed E-state index contributed by atoms with van der Waals surface area (Å²) in [5.41, 5.74) is 5.35. The number of rotatable bonds is 14. The second kappa shape index (κ2) is 15.5. The maximum absolute atomic E-state index is 7.20. The second-order valence-electron chi connectivity index (χ2n) is 4.24. The van der Waals surface area contributed by atoms with Gasteiger partial charge in [-0.25, -0.2) is 0 Å². The molecule has 2 atom stereocenters. The van der Waals surface area contributed by atoms with E-state index in [1.165, 1.54) is 0 Å². The molecule has 0 aliphatic carbocycles. The summed E-state index contributed by atoms with van der Waals surface area (Å²) in [6.07, 6.45) is 1.70. The zero-order valence-corrected chi connectivity index (χ0v) is 16.8. The third-order valence-electron chi connectivity index (χ3n) is 2.41. The summed E-state index contributed by atoms with van der Waals surface area (Å²) >= 11 is 19.0. The average molecular weight is 391 g/mol. The van der Waals surface area contributed by atoms with Gasteiger partial charge >= 0.3 is 0 Å². The molecule has 0 saturated carbocycles. The molecule has 0 saturated heterocycles. The maximum atomic E-state index is 7.20. The Morgan fingerprint density at radius 2 is 1.65 bits per heavy atom. The molecule has 0 aromatic heterocycles. The molecule has 3 N–H and O–H groups in total. The van der Waals surface area contributed by atoms with Gasteiger partial charge in [0.2, 0.25) is 0 Å². The van der Waals surface area contributed by atoms with Crippen LogP contribution in [0.15, 0.2) is 0 Å². The molecule has 0 bridgehead atoms. The Labute approximate surface area is 153 Å². The topological polar surface area (TPSA) is 49.9 Å². The number of thiol groups is 3. The van der Waals surface area contributed by atoms with E-state index in [0.29, 0.717) is 22.8 Å². The summed E-state index contributed by atoms with van der Waals surface area (Å²) in [6, 6.07) is 0. The molecule has 0 aromatic rings. The Morgan fingerprint density at radius 3 is 2.20 bits per heavy atom. The number of hydrogen-bond donors (Lipinski definition) is 5. The van der Waals surface area contributed by atoms with Gasteiger partial charge in [0.25, 0.3) is 0 Å². The summed E-state index contributed by atoms with van der Waals surface area (Å²) in [5.74, 6) is 7.52. The van der Waals surface area contributed by atoms with E-state index in [-0.39, 0.29) is 0 Å². The van der Waals surface area contributed by atoms with Crippen molar-refractivity contribution in [2.24, 2.45) is 5.73 Å². The number of nitrogens with two attached hydrogens (primary N) is 1. The lowest BCUT2D eigenvalue weighted by Gasteiger charge is -2.18. The largest absolute Gasteiger partial charge is 0.388 e. The lowest BCUT2D eigenvalue weighted by atomic mass is 10.3. The minimum atomic E-state index is 0.291. The van der Waals surface area contributed by atoms with Crippen molar-refractivity contribution in [1.29, 1.82) is 5.41 Å². The predicted molar refractivity (Wildman–Crippen MR) is 113 cm³/mol. The van der Waals surface area contributed by atoms with E-state index in [1.807, 2.05) is 35.3 Å². The van der Waals surface area contributed by atoms with Crippen LogP contribution in [0.3, 0.4) is 0 Å². The molecule has 8 heteroatoms. The van der Waals surface area contributed by atoms with Gasteiger partial charge in [0, 0.05) is 45.7 Å². The fraction of sp³-hybridized carbons (Fsp3) is 0.917. The summed E-state index contributed by atoms with van der Waals surface area (Å²) in [7, 11) is 0. The number of amidine groups is 1. The van der Waals surface area contributed by atoms with Crippen LogP contribution in [-0.2, 0) is 0 Å². The number of thioether (sulfide) groups is 3. The van der Waals surface area contributed by atoms with Gasteiger partial charge in [-0.2, -0.15) is 73.2 Å². The van der Waals surface area contributed by atoms with Crippen LogP contribution in [0.5, 0.6) is 0 Å². The molecule has 120 valence electrons. The minimum Gasteiger partial charge on any atom is -0.388 e. The monoisotopic (exact) mass is 390 g/mol.